The third-order valence-corrected chi connectivity index (χ3v) is 20.3. The predicted octanol–water partition coefficient (Wildman–Crippen LogP) is 19.8. The Kier molecular flexibility index (Phi) is 61.4. The minimum Gasteiger partial charge on any atom is -1.00 e. The molecular formula is C64H136BrN4P. The first-order valence-electron chi connectivity index (χ1n) is 33.0. The molecule has 0 N–H and O–H groups in total. The molecule has 0 aromatic rings. The van der Waals surface area contributed by atoms with Gasteiger partial charge in [0.1, 0.15) is 0 Å². The molecule has 0 aliphatic rings. The van der Waals surface area contributed by atoms with Crippen molar-refractivity contribution in [1.82, 2.24) is 18.7 Å². The molecule has 0 aromatic carbocycles. The molecule has 0 unspecified atom stereocenters. The van der Waals surface area contributed by atoms with Gasteiger partial charge in [-0.05, 0) is 51.4 Å². The zero-order valence-corrected chi connectivity index (χ0v) is 52.7. The van der Waals surface area contributed by atoms with Gasteiger partial charge in [-0.2, -0.15) is 0 Å². The minimum atomic E-state index is -2.09. The van der Waals surface area contributed by atoms with Gasteiger partial charge in [-0.25, -0.2) is 0 Å². The van der Waals surface area contributed by atoms with E-state index in [4.69, 9.17) is 0 Å². The van der Waals surface area contributed by atoms with Crippen LogP contribution in [-0.4, -0.2) is 71.0 Å². The molecule has 70 heavy (non-hydrogen) atoms. The van der Waals surface area contributed by atoms with Crippen molar-refractivity contribution in [3.05, 3.63) is 0 Å². The van der Waals surface area contributed by atoms with Gasteiger partial charge in [0.2, 0.25) is 0 Å². The average Bonchev–Trinajstić information content (AvgIpc) is 3.36. The largest absolute Gasteiger partial charge is 1.00 e. The quantitative estimate of drug-likeness (QED) is 0.0444. The summed E-state index contributed by atoms with van der Waals surface area (Å²) in [6.45, 7) is 29.8. The van der Waals surface area contributed by atoms with Crippen molar-refractivity contribution >= 4 is 7.87 Å². The fraction of sp³-hybridized carbons (Fsp3) is 1.00. The molecular weight excluding hydrogens is 936 g/mol. The predicted molar refractivity (Wildman–Crippen MR) is 320 cm³/mol. The fourth-order valence-electron chi connectivity index (χ4n) is 11.2. The molecule has 0 fully saturated rings. The number of rotatable bonds is 60. The maximum absolute atomic E-state index is 3.39. The summed E-state index contributed by atoms with van der Waals surface area (Å²) in [5.74, 6) is 0. The lowest BCUT2D eigenvalue weighted by Gasteiger charge is -2.52. The van der Waals surface area contributed by atoms with Crippen LogP contribution in [0.5, 0.6) is 0 Å². The maximum atomic E-state index is 3.39. The Hall–Kier alpha value is 0.750. The standard InChI is InChI=1S/C64H136N4P.BrH/c1-9-17-25-33-41-49-57-65(58-50-42-34-26-18-10-2)69(66(59-51-43-35-27-19-11-3)60-52-44-36-28-20-12-4,67(61-53-45-37-29-21-13-5)62-54-46-38-30-22-14-6)68(63-55-47-39-31-23-15-7)64-56-48-40-32-24-16-8;/h9-64H2,1-8H3;1H/q+1;/p-1. The van der Waals surface area contributed by atoms with Gasteiger partial charge < -0.3 is 17.0 Å². The summed E-state index contributed by atoms with van der Waals surface area (Å²) in [6, 6.07) is 0. The highest BCUT2D eigenvalue weighted by Crippen LogP contribution is 2.71. The molecule has 0 saturated heterocycles. The van der Waals surface area contributed by atoms with Crippen LogP contribution >= 0.6 is 7.87 Å². The van der Waals surface area contributed by atoms with Gasteiger partial charge in [0.15, 0.2) is 0 Å². The molecule has 0 spiro atoms. The summed E-state index contributed by atoms with van der Waals surface area (Å²) in [6.07, 6.45) is 67.6. The molecule has 424 valence electrons. The number of hydrogen-bond donors (Lipinski definition) is 0. The summed E-state index contributed by atoms with van der Waals surface area (Å²) in [4.78, 5) is 0. The van der Waals surface area contributed by atoms with Crippen molar-refractivity contribution in [2.45, 2.75) is 364 Å². The SMILES string of the molecule is CCCCCCCCN(CCCCCCCC)[P+](N(CCCCCCCC)CCCCCCCC)(N(CCCCCCCC)CCCCCCCC)N(CCCCCCCC)CCCCCCCC.[Br-]. The van der Waals surface area contributed by atoms with Crippen molar-refractivity contribution in [2.24, 2.45) is 0 Å². The molecule has 0 atom stereocenters. The normalized spacial score (nSPS) is 12.2. The van der Waals surface area contributed by atoms with Gasteiger partial charge in [-0.3, -0.25) is 0 Å². The van der Waals surface area contributed by atoms with E-state index in [1.165, 1.54) is 361 Å². The summed E-state index contributed by atoms with van der Waals surface area (Å²) < 4.78 is 13.6. The van der Waals surface area contributed by atoms with Gasteiger partial charge in [0.25, 0.3) is 0 Å². The van der Waals surface area contributed by atoms with E-state index >= 15 is 0 Å². The molecule has 0 rings (SSSR count). The number of hydrogen-bond acceptors (Lipinski definition) is 4. The van der Waals surface area contributed by atoms with E-state index in [1.807, 2.05) is 0 Å². The van der Waals surface area contributed by atoms with Gasteiger partial charge >= 0.3 is 7.87 Å². The fourth-order valence-corrected chi connectivity index (χ4v) is 16.6. The first-order valence-corrected chi connectivity index (χ1v) is 34.6. The molecule has 0 heterocycles. The highest BCUT2D eigenvalue weighted by atomic mass is 79.9. The van der Waals surface area contributed by atoms with Crippen LogP contribution in [0.3, 0.4) is 0 Å². The molecule has 0 bridgehead atoms. The third-order valence-electron chi connectivity index (χ3n) is 15.7. The third kappa shape index (κ3) is 40.1. The van der Waals surface area contributed by atoms with Crippen LogP contribution in [-0.2, 0) is 0 Å². The van der Waals surface area contributed by atoms with Crippen molar-refractivity contribution in [1.29, 1.82) is 0 Å². The Labute approximate surface area is 457 Å². The van der Waals surface area contributed by atoms with E-state index in [9.17, 15) is 0 Å². The van der Waals surface area contributed by atoms with Crippen LogP contribution in [0.2, 0.25) is 0 Å². The summed E-state index contributed by atoms with van der Waals surface area (Å²) in [7, 11) is -2.09. The van der Waals surface area contributed by atoms with Gasteiger partial charge in [0.05, 0.1) is 0 Å². The van der Waals surface area contributed by atoms with Crippen LogP contribution in [0.25, 0.3) is 0 Å². The number of unbranched alkanes of at least 4 members (excludes halogenated alkanes) is 40. The van der Waals surface area contributed by atoms with Crippen LogP contribution in [0.4, 0.5) is 0 Å². The van der Waals surface area contributed by atoms with Crippen LogP contribution < -0.4 is 17.0 Å². The zero-order chi connectivity index (χ0) is 50.4. The van der Waals surface area contributed by atoms with Gasteiger partial charge in [-0.1, -0.05) is 312 Å². The van der Waals surface area contributed by atoms with Crippen molar-refractivity contribution in [2.75, 3.05) is 52.4 Å². The Morgan fingerprint density at radius 2 is 0.257 bits per heavy atom. The Balaban J connectivity index is 0. The monoisotopic (exact) mass is 1070 g/mol. The van der Waals surface area contributed by atoms with E-state index in [1.54, 1.807) is 0 Å². The van der Waals surface area contributed by atoms with E-state index in [2.05, 4.69) is 74.1 Å². The first-order chi connectivity index (χ1) is 34.1. The second-order valence-electron chi connectivity index (χ2n) is 22.5. The second-order valence-corrected chi connectivity index (χ2v) is 25.8. The highest BCUT2D eigenvalue weighted by Gasteiger charge is 2.60. The van der Waals surface area contributed by atoms with E-state index in [-0.39, 0.29) is 17.0 Å². The maximum Gasteiger partial charge on any atom is 0.308 e. The van der Waals surface area contributed by atoms with E-state index in [0.29, 0.717) is 0 Å². The van der Waals surface area contributed by atoms with Crippen molar-refractivity contribution in [3.63, 3.8) is 0 Å². The summed E-state index contributed by atoms with van der Waals surface area (Å²) in [5.41, 5.74) is 0. The minimum absolute atomic E-state index is 0. The lowest BCUT2D eigenvalue weighted by molar-refractivity contribution is -0.0000158. The Morgan fingerprint density at radius 3 is 0.371 bits per heavy atom. The molecule has 6 heteroatoms. The molecule has 0 amide bonds. The zero-order valence-electron chi connectivity index (χ0n) is 50.2. The van der Waals surface area contributed by atoms with Crippen molar-refractivity contribution in [3.8, 4) is 0 Å². The van der Waals surface area contributed by atoms with Crippen LogP contribution in [0.1, 0.15) is 364 Å². The van der Waals surface area contributed by atoms with Gasteiger partial charge in [-0.15, -0.1) is 18.7 Å². The van der Waals surface area contributed by atoms with Crippen LogP contribution in [0, 0.1) is 0 Å². The lowest BCUT2D eigenvalue weighted by Crippen LogP contribution is -3.00. The summed E-state index contributed by atoms with van der Waals surface area (Å²) >= 11 is 0. The smallest absolute Gasteiger partial charge is 0.308 e. The molecule has 0 aliphatic heterocycles. The molecule has 0 radical (unpaired) electrons. The molecule has 4 nitrogen and oxygen atoms in total. The average molecular weight is 1070 g/mol. The lowest BCUT2D eigenvalue weighted by atomic mass is 10.1. The van der Waals surface area contributed by atoms with Crippen molar-refractivity contribution < 1.29 is 17.0 Å². The van der Waals surface area contributed by atoms with E-state index < -0.39 is 7.87 Å². The molecule has 0 aromatic heterocycles. The van der Waals surface area contributed by atoms with E-state index in [0.717, 1.165) is 0 Å². The first kappa shape index (κ1) is 72.8. The topological polar surface area (TPSA) is 13.0 Å². The second kappa shape index (κ2) is 59.0. The summed E-state index contributed by atoms with van der Waals surface area (Å²) in [5, 5.41) is 0. The van der Waals surface area contributed by atoms with Crippen LogP contribution in [0.15, 0.2) is 0 Å². The number of halogens is 1. The highest BCUT2D eigenvalue weighted by molar-refractivity contribution is 7.66. The Bertz CT molecular complexity index is 741. The number of nitrogens with zero attached hydrogens (tertiary/aromatic N) is 4. The molecule has 0 saturated carbocycles. The molecule has 0 aliphatic carbocycles. The Morgan fingerprint density at radius 1 is 0.157 bits per heavy atom. The van der Waals surface area contributed by atoms with Gasteiger partial charge in [0, 0.05) is 52.4 Å².